The van der Waals surface area contributed by atoms with Gasteiger partial charge in [-0.2, -0.15) is 5.26 Å². The molecule has 0 aliphatic heterocycles. The fourth-order valence-corrected chi connectivity index (χ4v) is 2.33. The molecule has 0 aliphatic rings. The lowest BCUT2D eigenvalue weighted by atomic mass is 9.99. The Morgan fingerprint density at radius 2 is 1.95 bits per heavy atom. The number of benzene rings is 2. The molecule has 0 N–H and O–H groups in total. The lowest BCUT2D eigenvalue weighted by Gasteiger charge is -2.07. The van der Waals surface area contributed by atoms with Crippen LogP contribution in [0.1, 0.15) is 22.8 Å². The van der Waals surface area contributed by atoms with Crippen LogP contribution in [0.15, 0.2) is 46.9 Å². The molecule has 2 rings (SSSR count). The van der Waals surface area contributed by atoms with Gasteiger partial charge in [-0.25, -0.2) is 4.79 Å². The van der Waals surface area contributed by atoms with Crippen molar-refractivity contribution in [1.29, 1.82) is 5.26 Å². The molecule has 0 aromatic heterocycles. The molecule has 0 radical (unpaired) electrons. The molecule has 0 amide bonds. The highest BCUT2D eigenvalue weighted by Crippen LogP contribution is 2.28. The average molecular weight is 330 g/mol. The van der Waals surface area contributed by atoms with Crippen molar-refractivity contribution in [2.45, 2.75) is 6.92 Å². The number of carbonyl (C=O) groups is 1. The largest absolute Gasteiger partial charge is 0.462 e. The Bertz CT molecular complexity index is 672. The molecule has 0 unspecified atom stereocenters. The highest BCUT2D eigenvalue weighted by atomic mass is 79.9. The van der Waals surface area contributed by atoms with Crippen molar-refractivity contribution < 1.29 is 9.53 Å². The van der Waals surface area contributed by atoms with Gasteiger partial charge < -0.3 is 4.74 Å². The summed E-state index contributed by atoms with van der Waals surface area (Å²) in [7, 11) is 0. The molecule has 2 aromatic rings. The number of nitrogens with zero attached hydrogens (tertiary/aromatic N) is 1. The van der Waals surface area contributed by atoms with Gasteiger partial charge in [-0.15, -0.1) is 0 Å². The van der Waals surface area contributed by atoms with Gasteiger partial charge >= 0.3 is 5.97 Å². The van der Waals surface area contributed by atoms with Gasteiger partial charge in [0, 0.05) is 10.0 Å². The highest BCUT2D eigenvalue weighted by molar-refractivity contribution is 9.10. The van der Waals surface area contributed by atoms with E-state index in [1.807, 2.05) is 30.3 Å². The van der Waals surface area contributed by atoms with E-state index >= 15 is 0 Å². The number of esters is 1. The van der Waals surface area contributed by atoms with Gasteiger partial charge in [-0.3, -0.25) is 0 Å². The second-order valence-electron chi connectivity index (χ2n) is 4.07. The molecule has 0 bridgehead atoms. The summed E-state index contributed by atoms with van der Waals surface area (Å²) in [5, 5.41) is 9.22. The second-order valence-corrected chi connectivity index (χ2v) is 4.93. The first-order chi connectivity index (χ1) is 9.67. The van der Waals surface area contributed by atoms with Crippen molar-refractivity contribution in [2.24, 2.45) is 0 Å². The number of ether oxygens (including phenoxy) is 1. The molecular weight excluding hydrogens is 318 g/mol. The van der Waals surface area contributed by atoms with Crippen LogP contribution in [0, 0.1) is 11.3 Å². The molecule has 20 heavy (non-hydrogen) atoms. The monoisotopic (exact) mass is 329 g/mol. The molecule has 0 atom stereocenters. The number of hydrogen-bond donors (Lipinski definition) is 0. The van der Waals surface area contributed by atoms with Crippen molar-refractivity contribution in [1.82, 2.24) is 0 Å². The van der Waals surface area contributed by atoms with Gasteiger partial charge in [0.15, 0.2) is 0 Å². The van der Waals surface area contributed by atoms with E-state index in [-0.39, 0.29) is 5.97 Å². The zero-order chi connectivity index (χ0) is 14.5. The summed E-state index contributed by atoms with van der Waals surface area (Å²) in [5.74, 6) is -0.339. The summed E-state index contributed by atoms with van der Waals surface area (Å²) in [6.45, 7) is 2.12. The van der Waals surface area contributed by atoms with E-state index in [0.717, 1.165) is 15.6 Å². The number of rotatable bonds is 3. The molecule has 0 fully saturated rings. The summed E-state index contributed by atoms with van der Waals surface area (Å²) in [6, 6.07) is 14.8. The molecule has 4 heteroatoms. The van der Waals surface area contributed by atoms with E-state index in [1.165, 1.54) is 0 Å². The van der Waals surface area contributed by atoms with E-state index < -0.39 is 0 Å². The SMILES string of the molecule is CCOC(=O)c1ccc(-c2cccc(Br)c2C#N)cc1. The van der Waals surface area contributed by atoms with E-state index in [1.54, 1.807) is 19.1 Å². The maximum atomic E-state index is 11.6. The van der Waals surface area contributed by atoms with Crippen LogP contribution in [-0.2, 0) is 4.74 Å². The van der Waals surface area contributed by atoms with Gasteiger partial charge in [0.1, 0.15) is 6.07 Å². The van der Waals surface area contributed by atoms with Crippen molar-refractivity contribution in [3.8, 4) is 17.2 Å². The standard InChI is InChI=1S/C16H12BrNO2/c1-2-20-16(19)12-8-6-11(7-9-12)13-4-3-5-15(17)14(13)10-18/h3-9H,2H2,1H3. The first-order valence-corrected chi connectivity index (χ1v) is 6.93. The quantitative estimate of drug-likeness (QED) is 0.794. The predicted molar refractivity (Wildman–Crippen MR) is 80.2 cm³/mol. The summed E-state index contributed by atoms with van der Waals surface area (Å²) >= 11 is 3.37. The Morgan fingerprint density at radius 3 is 2.55 bits per heavy atom. The van der Waals surface area contributed by atoms with Gasteiger partial charge in [-0.05, 0) is 46.6 Å². The van der Waals surface area contributed by atoms with E-state index in [4.69, 9.17) is 4.74 Å². The predicted octanol–water partition coefficient (Wildman–Crippen LogP) is 4.16. The molecule has 0 spiro atoms. The van der Waals surface area contributed by atoms with E-state index in [2.05, 4.69) is 22.0 Å². The Hall–Kier alpha value is -2.12. The minimum absolute atomic E-state index is 0.339. The number of nitriles is 1. The lowest BCUT2D eigenvalue weighted by molar-refractivity contribution is 0.0526. The van der Waals surface area contributed by atoms with Crippen LogP contribution in [0.5, 0.6) is 0 Å². The van der Waals surface area contributed by atoms with E-state index in [0.29, 0.717) is 17.7 Å². The fourth-order valence-electron chi connectivity index (χ4n) is 1.88. The zero-order valence-electron chi connectivity index (χ0n) is 10.9. The molecule has 0 saturated heterocycles. The molecule has 2 aromatic carbocycles. The Morgan fingerprint density at radius 1 is 1.25 bits per heavy atom. The third-order valence-electron chi connectivity index (χ3n) is 2.83. The molecule has 3 nitrogen and oxygen atoms in total. The maximum absolute atomic E-state index is 11.6. The van der Waals surface area contributed by atoms with Gasteiger partial charge in [0.25, 0.3) is 0 Å². The number of halogens is 1. The Labute approximate surface area is 125 Å². The van der Waals surface area contributed by atoms with Crippen LogP contribution in [0.2, 0.25) is 0 Å². The minimum atomic E-state index is -0.339. The number of carbonyl (C=O) groups excluding carboxylic acids is 1. The molecular formula is C16H12BrNO2. The Balaban J connectivity index is 2.39. The Kier molecular flexibility index (Phi) is 4.54. The van der Waals surface area contributed by atoms with Crippen LogP contribution >= 0.6 is 15.9 Å². The summed E-state index contributed by atoms with van der Waals surface area (Å²) < 4.78 is 5.70. The van der Waals surface area contributed by atoms with Crippen LogP contribution in [0.3, 0.4) is 0 Å². The topological polar surface area (TPSA) is 50.1 Å². The molecule has 0 saturated carbocycles. The summed E-state index contributed by atoms with van der Waals surface area (Å²) in [5.41, 5.74) is 2.80. The molecule has 0 heterocycles. The number of hydrogen-bond acceptors (Lipinski definition) is 3. The van der Waals surface area contributed by atoms with E-state index in [9.17, 15) is 10.1 Å². The van der Waals surface area contributed by atoms with Crippen molar-refractivity contribution in [3.63, 3.8) is 0 Å². The van der Waals surface area contributed by atoms with Gasteiger partial charge in [0.2, 0.25) is 0 Å². The average Bonchev–Trinajstić information content (AvgIpc) is 2.47. The second kappa shape index (κ2) is 6.36. The molecule has 0 aliphatic carbocycles. The first kappa shape index (κ1) is 14.3. The van der Waals surface area contributed by atoms with Crippen molar-refractivity contribution in [2.75, 3.05) is 6.61 Å². The smallest absolute Gasteiger partial charge is 0.338 e. The van der Waals surface area contributed by atoms with Crippen molar-refractivity contribution in [3.05, 3.63) is 58.1 Å². The summed E-state index contributed by atoms with van der Waals surface area (Å²) in [4.78, 5) is 11.6. The third kappa shape index (κ3) is 2.89. The minimum Gasteiger partial charge on any atom is -0.462 e. The van der Waals surface area contributed by atoms with Gasteiger partial charge in [-0.1, -0.05) is 24.3 Å². The van der Waals surface area contributed by atoms with Crippen LogP contribution in [0.4, 0.5) is 0 Å². The highest BCUT2D eigenvalue weighted by Gasteiger charge is 2.10. The maximum Gasteiger partial charge on any atom is 0.338 e. The lowest BCUT2D eigenvalue weighted by Crippen LogP contribution is -2.04. The third-order valence-corrected chi connectivity index (χ3v) is 3.49. The van der Waals surface area contributed by atoms with Crippen molar-refractivity contribution >= 4 is 21.9 Å². The molecule has 100 valence electrons. The van der Waals surface area contributed by atoms with Crippen LogP contribution < -0.4 is 0 Å². The first-order valence-electron chi connectivity index (χ1n) is 6.13. The fraction of sp³-hybridized carbons (Fsp3) is 0.125. The zero-order valence-corrected chi connectivity index (χ0v) is 12.5. The van der Waals surface area contributed by atoms with Crippen LogP contribution in [0.25, 0.3) is 11.1 Å². The normalized spacial score (nSPS) is 9.85. The van der Waals surface area contributed by atoms with Gasteiger partial charge in [0.05, 0.1) is 17.7 Å². The van der Waals surface area contributed by atoms with Crippen LogP contribution in [-0.4, -0.2) is 12.6 Å². The summed E-state index contributed by atoms with van der Waals surface area (Å²) in [6.07, 6.45) is 0.